The van der Waals surface area contributed by atoms with Crippen molar-refractivity contribution in [3.63, 3.8) is 0 Å². The van der Waals surface area contributed by atoms with Crippen molar-refractivity contribution in [3.8, 4) is 0 Å². The number of nitrogens with one attached hydrogen (secondary N) is 1. The lowest BCUT2D eigenvalue weighted by Gasteiger charge is -2.11. The number of benzene rings is 1. The maximum Gasteiger partial charge on any atom is 0.318 e. The molecule has 2 aromatic rings. The monoisotopic (exact) mass is 289 g/mol. The first kappa shape index (κ1) is 14.3. The van der Waals surface area contributed by atoms with E-state index in [1.54, 1.807) is 6.92 Å². The van der Waals surface area contributed by atoms with Crippen LogP contribution in [0.25, 0.3) is 10.9 Å². The van der Waals surface area contributed by atoms with E-state index < -0.39 is 17.2 Å². The largest absolute Gasteiger partial charge is 0.351 e. The number of aromatic nitrogens is 1. The molecule has 1 heterocycles. The average molecular weight is 289 g/mol. The van der Waals surface area contributed by atoms with Crippen LogP contribution in [0.4, 0.5) is 4.79 Å². The highest BCUT2D eigenvalue weighted by Crippen LogP contribution is 2.26. The summed E-state index contributed by atoms with van der Waals surface area (Å²) in [5.41, 5.74) is 6.91. The van der Waals surface area contributed by atoms with Crippen LogP contribution in [-0.2, 0) is 4.79 Å². The number of primary amides is 1. The van der Waals surface area contributed by atoms with Crippen LogP contribution in [0.1, 0.15) is 12.5 Å². The van der Waals surface area contributed by atoms with E-state index in [9.17, 15) is 9.59 Å². The Morgan fingerprint density at radius 3 is 2.75 bits per heavy atom. The Balaban J connectivity index is 2.21. The highest BCUT2D eigenvalue weighted by Gasteiger charge is 2.17. The zero-order valence-corrected chi connectivity index (χ0v) is 12.0. The molecule has 0 spiro atoms. The molecule has 5 nitrogen and oxygen atoms in total. The number of amides is 3. The van der Waals surface area contributed by atoms with E-state index in [4.69, 9.17) is 5.73 Å². The highest BCUT2D eigenvalue weighted by atomic mass is 32.2. The molecule has 6 heteroatoms. The number of carbonyl (C=O) groups is 2. The van der Waals surface area contributed by atoms with Gasteiger partial charge in [-0.1, -0.05) is 30.0 Å². The number of nitrogens with zero attached hydrogens (tertiary/aromatic N) is 1. The summed E-state index contributed by atoms with van der Waals surface area (Å²) in [6.07, 6.45) is 0. The molecule has 0 saturated carbocycles. The fraction of sp³-hybridized carbons (Fsp3) is 0.214. The first-order chi connectivity index (χ1) is 9.47. The number of para-hydroxylation sites is 1. The van der Waals surface area contributed by atoms with E-state index in [0.717, 1.165) is 21.5 Å². The van der Waals surface area contributed by atoms with E-state index in [1.807, 2.05) is 37.3 Å². The molecule has 1 aromatic heterocycles. The Morgan fingerprint density at radius 1 is 1.35 bits per heavy atom. The first-order valence-electron chi connectivity index (χ1n) is 6.10. The molecule has 20 heavy (non-hydrogen) atoms. The molecule has 0 fully saturated rings. The van der Waals surface area contributed by atoms with Gasteiger partial charge in [-0.05, 0) is 31.5 Å². The van der Waals surface area contributed by atoms with Gasteiger partial charge in [-0.15, -0.1) is 0 Å². The third kappa shape index (κ3) is 3.27. The topological polar surface area (TPSA) is 85.1 Å². The van der Waals surface area contributed by atoms with Crippen molar-refractivity contribution in [1.29, 1.82) is 0 Å². The molecule has 0 saturated heterocycles. The lowest BCUT2D eigenvalue weighted by Crippen LogP contribution is -2.39. The first-order valence-corrected chi connectivity index (χ1v) is 6.98. The predicted molar refractivity (Wildman–Crippen MR) is 79.5 cm³/mol. The third-order valence-corrected chi connectivity index (χ3v) is 3.83. The van der Waals surface area contributed by atoms with Gasteiger partial charge in [0.05, 0.1) is 15.8 Å². The van der Waals surface area contributed by atoms with E-state index in [1.165, 1.54) is 11.8 Å². The molecule has 0 aliphatic carbocycles. The van der Waals surface area contributed by atoms with Gasteiger partial charge < -0.3 is 5.73 Å². The molecule has 0 radical (unpaired) electrons. The van der Waals surface area contributed by atoms with Crippen molar-refractivity contribution in [1.82, 2.24) is 10.3 Å². The number of pyridine rings is 1. The normalized spacial score (nSPS) is 12.1. The highest BCUT2D eigenvalue weighted by molar-refractivity contribution is 8.00. The molecule has 2 rings (SSSR count). The summed E-state index contributed by atoms with van der Waals surface area (Å²) in [5.74, 6) is -0.421. The second-order valence-corrected chi connectivity index (χ2v) is 5.77. The van der Waals surface area contributed by atoms with Gasteiger partial charge in [0.25, 0.3) is 0 Å². The van der Waals surface area contributed by atoms with Gasteiger partial charge in [-0.25, -0.2) is 9.78 Å². The minimum Gasteiger partial charge on any atom is -0.351 e. The van der Waals surface area contributed by atoms with Crippen molar-refractivity contribution in [2.45, 2.75) is 24.1 Å². The summed E-state index contributed by atoms with van der Waals surface area (Å²) in [6.45, 7) is 3.71. The standard InChI is InChI=1S/C14H15N3O2S/c1-8-7-12(16-11-6-4-3-5-10(8)11)20-9(2)13(18)17-14(15)19/h3-7,9H,1-2H3,(H3,15,17,18,19). The molecule has 104 valence electrons. The number of rotatable bonds is 3. The number of thioether (sulfide) groups is 1. The average Bonchev–Trinajstić information content (AvgIpc) is 2.38. The van der Waals surface area contributed by atoms with Gasteiger partial charge in [0.1, 0.15) is 0 Å². The third-order valence-electron chi connectivity index (χ3n) is 2.81. The van der Waals surface area contributed by atoms with Crippen LogP contribution in [0.5, 0.6) is 0 Å². The van der Waals surface area contributed by atoms with E-state index in [2.05, 4.69) is 10.3 Å². The molecule has 0 bridgehead atoms. The number of fused-ring (bicyclic) bond motifs is 1. The van der Waals surface area contributed by atoms with Crippen molar-refractivity contribution in [2.24, 2.45) is 5.73 Å². The molecule has 0 aliphatic rings. The number of imide groups is 1. The lowest BCUT2D eigenvalue weighted by molar-refractivity contribution is -0.119. The number of hydrogen-bond acceptors (Lipinski definition) is 4. The van der Waals surface area contributed by atoms with E-state index in [0.29, 0.717) is 0 Å². The van der Waals surface area contributed by atoms with Crippen molar-refractivity contribution >= 4 is 34.6 Å². The van der Waals surface area contributed by atoms with Gasteiger partial charge in [-0.3, -0.25) is 10.1 Å². The van der Waals surface area contributed by atoms with Gasteiger partial charge in [-0.2, -0.15) is 0 Å². The van der Waals surface area contributed by atoms with E-state index in [-0.39, 0.29) is 0 Å². The van der Waals surface area contributed by atoms with Gasteiger partial charge in [0.15, 0.2) is 0 Å². The molecule has 0 aliphatic heterocycles. The molecular formula is C14H15N3O2S. The van der Waals surface area contributed by atoms with E-state index >= 15 is 0 Å². The van der Waals surface area contributed by atoms with Crippen molar-refractivity contribution in [2.75, 3.05) is 0 Å². The Bertz CT molecular complexity index is 673. The van der Waals surface area contributed by atoms with Gasteiger partial charge in [0.2, 0.25) is 5.91 Å². The Kier molecular flexibility index (Phi) is 4.24. The number of nitrogens with two attached hydrogens (primary N) is 1. The summed E-state index contributed by atoms with van der Waals surface area (Å²) in [4.78, 5) is 26.8. The van der Waals surface area contributed by atoms with Crippen LogP contribution in [0.3, 0.4) is 0 Å². The zero-order chi connectivity index (χ0) is 14.7. The predicted octanol–water partition coefficient (Wildman–Crippen LogP) is 2.22. The SMILES string of the molecule is Cc1cc(SC(C)C(=O)NC(N)=O)nc2ccccc12. The van der Waals surface area contributed by atoms with Gasteiger partial charge >= 0.3 is 6.03 Å². The number of urea groups is 1. The molecular weight excluding hydrogens is 274 g/mol. The van der Waals surface area contributed by atoms with Crippen LogP contribution in [0.2, 0.25) is 0 Å². The molecule has 1 aromatic carbocycles. The molecule has 3 N–H and O–H groups in total. The Labute approximate surface area is 120 Å². The second-order valence-electron chi connectivity index (χ2n) is 4.41. The van der Waals surface area contributed by atoms with Crippen LogP contribution in [0, 0.1) is 6.92 Å². The number of carbonyl (C=O) groups excluding carboxylic acids is 2. The maximum atomic E-state index is 11.6. The number of aryl methyl sites for hydroxylation is 1. The van der Waals surface area contributed by atoms with Crippen LogP contribution in [-0.4, -0.2) is 22.2 Å². The van der Waals surface area contributed by atoms with Crippen molar-refractivity contribution in [3.05, 3.63) is 35.9 Å². The fourth-order valence-electron chi connectivity index (χ4n) is 1.84. The van der Waals surface area contributed by atoms with Gasteiger partial charge in [0, 0.05) is 5.39 Å². The lowest BCUT2D eigenvalue weighted by atomic mass is 10.1. The summed E-state index contributed by atoms with van der Waals surface area (Å²) in [7, 11) is 0. The van der Waals surface area contributed by atoms with Crippen LogP contribution in [0.15, 0.2) is 35.4 Å². The quantitative estimate of drug-likeness (QED) is 0.848. The second kappa shape index (κ2) is 5.92. The zero-order valence-electron chi connectivity index (χ0n) is 11.2. The fourth-order valence-corrected chi connectivity index (χ4v) is 2.76. The molecule has 1 unspecified atom stereocenters. The Hall–Kier alpha value is -2.08. The molecule has 1 atom stereocenters. The van der Waals surface area contributed by atoms with Crippen molar-refractivity contribution < 1.29 is 9.59 Å². The summed E-state index contributed by atoms with van der Waals surface area (Å²) in [6, 6.07) is 8.92. The Morgan fingerprint density at radius 2 is 2.05 bits per heavy atom. The van der Waals surface area contributed by atoms with Crippen LogP contribution >= 0.6 is 11.8 Å². The summed E-state index contributed by atoms with van der Waals surface area (Å²) in [5, 5.41) is 3.45. The maximum absolute atomic E-state index is 11.6. The van der Waals surface area contributed by atoms with Crippen LogP contribution < -0.4 is 11.1 Å². The smallest absolute Gasteiger partial charge is 0.318 e. The number of hydrogen-bond donors (Lipinski definition) is 2. The summed E-state index contributed by atoms with van der Waals surface area (Å²) < 4.78 is 0. The minimum atomic E-state index is -0.842. The molecule has 3 amide bonds. The minimum absolute atomic E-state index is 0.421. The summed E-state index contributed by atoms with van der Waals surface area (Å²) >= 11 is 1.29.